The monoisotopic (exact) mass is 212 g/mol. The van der Waals surface area contributed by atoms with Gasteiger partial charge in [-0.05, 0) is 38.0 Å². The molecule has 3 nitrogen and oxygen atoms in total. The zero-order valence-electron chi connectivity index (χ0n) is 9.28. The average Bonchev–Trinajstić information content (AvgIpc) is 2.16. The second kappa shape index (κ2) is 5.91. The van der Waals surface area contributed by atoms with E-state index in [1.54, 1.807) is 5.57 Å². The van der Waals surface area contributed by atoms with Gasteiger partial charge in [0.1, 0.15) is 0 Å². The quantitative estimate of drug-likeness (QED) is 0.606. The molecule has 0 radical (unpaired) electrons. The van der Waals surface area contributed by atoms with E-state index in [-0.39, 0.29) is 6.10 Å². The summed E-state index contributed by atoms with van der Waals surface area (Å²) in [6.45, 7) is 1.08. The van der Waals surface area contributed by atoms with Crippen molar-refractivity contribution in [3.8, 4) is 0 Å². The van der Waals surface area contributed by atoms with Crippen LogP contribution in [-0.4, -0.2) is 22.3 Å². The zero-order valence-corrected chi connectivity index (χ0v) is 9.28. The minimum atomic E-state index is -0.833. The van der Waals surface area contributed by atoms with E-state index in [9.17, 15) is 5.11 Å². The summed E-state index contributed by atoms with van der Waals surface area (Å²) in [5.41, 5.74) is 1.55. The molecule has 1 fully saturated rings. The molecule has 2 atom stereocenters. The fourth-order valence-electron chi connectivity index (χ4n) is 2.36. The second-order valence-corrected chi connectivity index (χ2v) is 4.35. The van der Waals surface area contributed by atoms with Crippen LogP contribution in [0.2, 0.25) is 0 Å². The Balaban J connectivity index is 0.000000245. The molecule has 2 N–H and O–H groups in total. The summed E-state index contributed by atoms with van der Waals surface area (Å²) in [5.74, 6) is 0.00662. The lowest BCUT2D eigenvalue weighted by Crippen LogP contribution is -2.20. The van der Waals surface area contributed by atoms with Crippen molar-refractivity contribution in [2.24, 2.45) is 5.92 Å². The fraction of sp³-hybridized carbons (Fsp3) is 0.750. The first-order chi connectivity index (χ1) is 7.09. The number of carboxylic acids is 1. The Morgan fingerprint density at radius 3 is 2.67 bits per heavy atom. The van der Waals surface area contributed by atoms with Gasteiger partial charge in [-0.15, -0.1) is 0 Å². The number of rotatable bonds is 0. The Hall–Kier alpha value is -0.830. The van der Waals surface area contributed by atoms with Gasteiger partial charge < -0.3 is 10.2 Å². The summed E-state index contributed by atoms with van der Waals surface area (Å²) in [6.07, 6.45) is 9.57. The van der Waals surface area contributed by atoms with Crippen LogP contribution in [0.15, 0.2) is 11.6 Å². The molecule has 86 valence electrons. The molecule has 0 saturated heterocycles. The van der Waals surface area contributed by atoms with Crippen molar-refractivity contribution >= 4 is 5.97 Å². The second-order valence-electron chi connectivity index (χ2n) is 4.35. The Kier molecular flexibility index (Phi) is 4.82. The van der Waals surface area contributed by atoms with Gasteiger partial charge in [-0.25, -0.2) is 0 Å². The molecule has 0 aromatic carbocycles. The van der Waals surface area contributed by atoms with E-state index >= 15 is 0 Å². The van der Waals surface area contributed by atoms with Crippen molar-refractivity contribution in [2.45, 2.75) is 51.6 Å². The van der Waals surface area contributed by atoms with Crippen LogP contribution < -0.4 is 0 Å². The number of carbonyl (C=O) groups is 1. The SMILES string of the molecule is CC(=O)O.O[C@@H]1C=C2CCCC[C@@H]2CC1. The number of hydrogen-bond donors (Lipinski definition) is 2. The first-order valence-electron chi connectivity index (χ1n) is 5.67. The molecule has 0 unspecified atom stereocenters. The van der Waals surface area contributed by atoms with Gasteiger partial charge in [0.05, 0.1) is 6.10 Å². The lowest BCUT2D eigenvalue weighted by molar-refractivity contribution is -0.134. The number of fused-ring (bicyclic) bond motifs is 1. The Morgan fingerprint density at radius 2 is 2.00 bits per heavy atom. The molecule has 0 aromatic rings. The molecule has 2 aliphatic rings. The summed E-state index contributed by atoms with van der Waals surface area (Å²) in [6, 6.07) is 0. The van der Waals surface area contributed by atoms with Crippen LogP contribution in [0.3, 0.4) is 0 Å². The van der Waals surface area contributed by atoms with Gasteiger partial charge in [0.25, 0.3) is 5.97 Å². The molecular formula is C12H20O3. The third-order valence-electron chi connectivity index (χ3n) is 3.01. The van der Waals surface area contributed by atoms with Crippen LogP contribution in [0.1, 0.15) is 45.4 Å². The van der Waals surface area contributed by atoms with Crippen LogP contribution in [0.5, 0.6) is 0 Å². The van der Waals surface area contributed by atoms with Crippen molar-refractivity contribution in [2.75, 3.05) is 0 Å². The highest BCUT2D eigenvalue weighted by atomic mass is 16.4. The summed E-state index contributed by atoms with van der Waals surface area (Å²) in [5, 5.41) is 16.8. The summed E-state index contributed by atoms with van der Waals surface area (Å²) in [4.78, 5) is 9.00. The number of aliphatic hydroxyl groups is 1. The maximum atomic E-state index is 9.37. The molecule has 0 aliphatic heterocycles. The Labute approximate surface area is 90.8 Å². The standard InChI is InChI=1S/C10H16O.C2H4O2/c11-10-6-5-8-3-1-2-4-9(8)7-10;1-2(3)4/h7-8,10-11H,1-6H2;1H3,(H,3,4)/t8-,10+;/m1./s1. The summed E-state index contributed by atoms with van der Waals surface area (Å²) in [7, 11) is 0. The van der Waals surface area contributed by atoms with Gasteiger partial charge in [-0.1, -0.05) is 18.1 Å². The van der Waals surface area contributed by atoms with Crippen LogP contribution >= 0.6 is 0 Å². The van der Waals surface area contributed by atoms with Gasteiger partial charge in [0, 0.05) is 6.92 Å². The van der Waals surface area contributed by atoms with Crippen LogP contribution in [0.4, 0.5) is 0 Å². The molecule has 0 aromatic heterocycles. The minimum Gasteiger partial charge on any atom is -0.481 e. The van der Waals surface area contributed by atoms with Gasteiger partial charge in [-0.2, -0.15) is 0 Å². The van der Waals surface area contributed by atoms with Crippen molar-refractivity contribution < 1.29 is 15.0 Å². The first kappa shape index (κ1) is 12.2. The molecule has 15 heavy (non-hydrogen) atoms. The third-order valence-corrected chi connectivity index (χ3v) is 3.01. The topological polar surface area (TPSA) is 57.5 Å². The Morgan fingerprint density at radius 1 is 1.33 bits per heavy atom. The van der Waals surface area contributed by atoms with Gasteiger partial charge in [0.15, 0.2) is 0 Å². The predicted octanol–water partition coefficient (Wildman–Crippen LogP) is 2.35. The molecule has 3 heteroatoms. The smallest absolute Gasteiger partial charge is 0.300 e. The average molecular weight is 212 g/mol. The molecule has 0 spiro atoms. The van der Waals surface area contributed by atoms with Crippen molar-refractivity contribution in [1.82, 2.24) is 0 Å². The van der Waals surface area contributed by atoms with Crippen molar-refractivity contribution in [3.63, 3.8) is 0 Å². The van der Waals surface area contributed by atoms with Crippen LogP contribution in [0, 0.1) is 5.92 Å². The van der Waals surface area contributed by atoms with Crippen LogP contribution in [0.25, 0.3) is 0 Å². The first-order valence-corrected chi connectivity index (χ1v) is 5.67. The fourth-order valence-corrected chi connectivity index (χ4v) is 2.36. The van der Waals surface area contributed by atoms with Gasteiger partial charge >= 0.3 is 0 Å². The highest BCUT2D eigenvalue weighted by Crippen LogP contribution is 2.36. The van der Waals surface area contributed by atoms with E-state index < -0.39 is 5.97 Å². The highest BCUT2D eigenvalue weighted by molar-refractivity contribution is 5.62. The van der Waals surface area contributed by atoms with Crippen molar-refractivity contribution in [1.29, 1.82) is 0 Å². The third kappa shape index (κ3) is 4.47. The molecular weight excluding hydrogens is 192 g/mol. The van der Waals surface area contributed by atoms with Gasteiger partial charge in [0.2, 0.25) is 0 Å². The normalized spacial score (nSPS) is 29.3. The number of allylic oxidation sites excluding steroid dienone is 1. The number of aliphatic carboxylic acids is 1. The molecule has 1 saturated carbocycles. The summed E-state index contributed by atoms with van der Waals surface area (Å²) >= 11 is 0. The van der Waals surface area contributed by atoms with Crippen LogP contribution in [-0.2, 0) is 4.79 Å². The zero-order chi connectivity index (χ0) is 11.3. The van der Waals surface area contributed by atoms with E-state index in [0.717, 1.165) is 19.3 Å². The summed E-state index contributed by atoms with van der Waals surface area (Å²) < 4.78 is 0. The number of aliphatic hydroxyl groups excluding tert-OH is 1. The molecule has 2 rings (SSSR count). The van der Waals surface area contributed by atoms with E-state index in [2.05, 4.69) is 6.08 Å². The largest absolute Gasteiger partial charge is 0.481 e. The number of hydrogen-bond acceptors (Lipinski definition) is 2. The maximum absolute atomic E-state index is 9.37. The molecule has 0 amide bonds. The lowest BCUT2D eigenvalue weighted by atomic mass is 9.77. The van der Waals surface area contributed by atoms with E-state index in [1.165, 1.54) is 32.1 Å². The predicted molar refractivity (Wildman–Crippen MR) is 58.6 cm³/mol. The molecule has 0 heterocycles. The van der Waals surface area contributed by atoms with E-state index in [4.69, 9.17) is 9.90 Å². The maximum Gasteiger partial charge on any atom is 0.300 e. The number of carboxylic acid groups (broad SMARTS) is 1. The molecule has 2 aliphatic carbocycles. The van der Waals surface area contributed by atoms with Gasteiger partial charge in [-0.3, -0.25) is 4.79 Å². The van der Waals surface area contributed by atoms with E-state index in [0.29, 0.717) is 0 Å². The molecule has 0 bridgehead atoms. The van der Waals surface area contributed by atoms with Crippen molar-refractivity contribution in [3.05, 3.63) is 11.6 Å². The van der Waals surface area contributed by atoms with E-state index in [1.807, 2.05) is 0 Å². The highest BCUT2D eigenvalue weighted by Gasteiger charge is 2.23. The lowest BCUT2D eigenvalue weighted by Gasteiger charge is -2.30. The Bertz CT molecular complexity index is 241. The minimum absolute atomic E-state index is 0.126.